The van der Waals surface area contributed by atoms with Gasteiger partial charge in [0.15, 0.2) is 0 Å². The van der Waals surface area contributed by atoms with Crippen LogP contribution < -0.4 is 11.1 Å². The van der Waals surface area contributed by atoms with Gasteiger partial charge in [-0.2, -0.15) is 0 Å². The van der Waals surface area contributed by atoms with Crippen molar-refractivity contribution in [3.63, 3.8) is 0 Å². The lowest BCUT2D eigenvalue weighted by atomic mass is 10.0. The number of likely N-dealkylation sites (tertiary alicyclic amines) is 1. The van der Waals surface area contributed by atoms with E-state index in [0.717, 1.165) is 18.4 Å². The number of hydrogen-bond acceptors (Lipinski definition) is 4. The summed E-state index contributed by atoms with van der Waals surface area (Å²) in [7, 11) is 0. The molecule has 1 aromatic carbocycles. The Hall–Kier alpha value is -2.08. The molecular formula is C17H25N3O3. The fourth-order valence-electron chi connectivity index (χ4n) is 2.69. The first-order chi connectivity index (χ1) is 11.1. The van der Waals surface area contributed by atoms with Gasteiger partial charge in [0.25, 0.3) is 0 Å². The minimum absolute atomic E-state index is 0.0648. The van der Waals surface area contributed by atoms with E-state index in [-0.39, 0.29) is 18.0 Å². The maximum absolute atomic E-state index is 12.2. The summed E-state index contributed by atoms with van der Waals surface area (Å²) in [6.07, 6.45) is 1.69. The van der Waals surface area contributed by atoms with Crippen molar-refractivity contribution in [2.24, 2.45) is 5.73 Å². The SMILES string of the molecule is CCOC(=O)N1CCC(NC(=O)[C@@H](N)Cc2ccccc2)CC1. The maximum Gasteiger partial charge on any atom is 0.409 e. The zero-order valence-electron chi connectivity index (χ0n) is 13.5. The van der Waals surface area contributed by atoms with Gasteiger partial charge in [0.1, 0.15) is 0 Å². The molecule has 3 N–H and O–H groups in total. The lowest BCUT2D eigenvalue weighted by Gasteiger charge is -2.32. The third-order valence-corrected chi connectivity index (χ3v) is 4.00. The van der Waals surface area contributed by atoms with Crippen molar-refractivity contribution in [3.8, 4) is 0 Å². The van der Waals surface area contributed by atoms with E-state index in [1.54, 1.807) is 11.8 Å². The third kappa shape index (κ3) is 5.25. The van der Waals surface area contributed by atoms with E-state index in [0.29, 0.717) is 26.1 Å². The molecule has 0 unspecified atom stereocenters. The summed E-state index contributed by atoms with van der Waals surface area (Å²) < 4.78 is 4.98. The summed E-state index contributed by atoms with van der Waals surface area (Å²) in [6.45, 7) is 3.36. The van der Waals surface area contributed by atoms with Crippen LogP contribution in [0.3, 0.4) is 0 Å². The molecule has 0 aliphatic carbocycles. The van der Waals surface area contributed by atoms with Gasteiger partial charge >= 0.3 is 6.09 Å². The van der Waals surface area contributed by atoms with Gasteiger partial charge in [0.2, 0.25) is 5.91 Å². The van der Waals surface area contributed by atoms with Crippen LogP contribution in [0.1, 0.15) is 25.3 Å². The molecule has 2 amide bonds. The van der Waals surface area contributed by atoms with Gasteiger partial charge in [0, 0.05) is 19.1 Å². The predicted octanol–water partition coefficient (Wildman–Crippen LogP) is 1.29. The minimum atomic E-state index is -0.555. The summed E-state index contributed by atoms with van der Waals surface area (Å²) in [4.78, 5) is 25.5. The van der Waals surface area contributed by atoms with Crippen LogP contribution in [0, 0.1) is 0 Å². The van der Waals surface area contributed by atoms with E-state index in [1.807, 2.05) is 30.3 Å². The second kappa shape index (κ2) is 8.53. The lowest BCUT2D eigenvalue weighted by molar-refractivity contribution is -0.123. The number of benzene rings is 1. The van der Waals surface area contributed by atoms with Crippen LogP contribution >= 0.6 is 0 Å². The number of nitrogens with one attached hydrogen (secondary N) is 1. The standard InChI is InChI=1S/C17H25N3O3/c1-2-23-17(22)20-10-8-14(9-11-20)19-16(21)15(18)12-13-6-4-3-5-7-13/h3-7,14-15H,2,8-12,18H2,1H3,(H,19,21)/t15-/m0/s1. The van der Waals surface area contributed by atoms with Gasteiger partial charge in [-0.05, 0) is 31.7 Å². The Morgan fingerprint density at radius 1 is 1.30 bits per heavy atom. The first-order valence-electron chi connectivity index (χ1n) is 8.11. The topological polar surface area (TPSA) is 84.7 Å². The number of ether oxygens (including phenoxy) is 1. The van der Waals surface area contributed by atoms with Crippen LogP contribution in [-0.4, -0.2) is 48.7 Å². The van der Waals surface area contributed by atoms with E-state index in [4.69, 9.17) is 10.5 Å². The highest BCUT2D eigenvalue weighted by Crippen LogP contribution is 2.12. The van der Waals surface area contributed by atoms with E-state index in [1.165, 1.54) is 0 Å². The Kier molecular flexibility index (Phi) is 6.40. The number of piperidine rings is 1. The van der Waals surface area contributed by atoms with Crippen LogP contribution in [0.4, 0.5) is 4.79 Å². The van der Waals surface area contributed by atoms with Crippen LogP contribution in [0.25, 0.3) is 0 Å². The van der Waals surface area contributed by atoms with E-state index in [9.17, 15) is 9.59 Å². The molecule has 1 aliphatic heterocycles. The van der Waals surface area contributed by atoms with E-state index >= 15 is 0 Å². The summed E-state index contributed by atoms with van der Waals surface area (Å²) in [5, 5.41) is 2.99. The average Bonchev–Trinajstić information content (AvgIpc) is 2.56. The molecule has 0 bridgehead atoms. The lowest BCUT2D eigenvalue weighted by Crippen LogP contribution is -2.51. The Balaban J connectivity index is 1.75. The van der Waals surface area contributed by atoms with E-state index < -0.39 is 6.04 Å². The average molecular weight is 319 g/mol. The number of carbonyl (C=O) groups excluding carboxylic acids is 2. The second-order valence-electron chi connectivity index (χ2n) is 5.77. The molecule has 0 spiro atoms. The van der Waals surface area contributed by atoms with Crippen molar-refractivity contribution in [1.29, 1.82) is 0 Å². The predicted molar refractivity (Wildman–Crippen MR) is 87.9 cm³/mol. The molecule has 1 fully saturated rings. The number of rotatable bonds is 5. The van der Waals surface area contributed by atoms with Crippen LogP contribution in [-0.2, 0) is 16.0 Å². The largest absolute Gasteiger partial charge is 0.450 e. The summed E-state index contributed by atoms with van der Waals surface area (Å²) in [5.41, 5.74) is 7.03. The molecular weight excluding hydrogens is 294 g/mol. The van der Waals surface area contributed by atoms with Gasteiger partial charge in [0.05, 0.1) is 12.6 Å². The Morgan fingerprint density at radius 3 is 2.57 bits per heavy atom. The molecule has 1 aromatic rings. The molecule has 0 saturated carbocycles. The van der Waals surface area contributed by atoms with Gasteiger partial charge in [-0.1, -0.05) is 30.3 Å². The summed E-state index contributed by atoms with van der Waals surface area (Å²) in [6, 6.07) is 9.24. The quantitative estimate of drug-likeness (QED) is 0.856. The van der Waals surface area contributed by atoms with Crippen molar-refractivity contribution in [2.75, 3.05) is 19.7 Å². The molecule has 1 aliphatic rings. The van der Waals surface area contributed by atoms with Crippen molar-refractivity contribution >= 4 is 12.0 Å². The number of carbonyl (C=O) groups is 2. The van der Waals surface area contributed by atoms with Gasteiger partial charge in [-0.15, -0.1) is 0 Å². The Bertz CT molecular complexity index is 513. The molecule has 1 saturated heterocycles. The van der Waals surface area contributed by atoms with Gasteiger partial charge < -0.3 is 20.7 Å². The monoisotopic (exact) mass is 319 g/mol. The molecule has 6 nitrogen and oxygen atoms in total. The molecule has 6 heteroatoms. The highest BCUT2D eigenvalue weighted by atomic mass is 16.6. The van der Waals surface area contributed by atoms with Crippen LogP contribution in [0.5, 0.6) is 0 Å². The number of nitrogens with two attached hydrogens (primary N) is 1. The van der Waals surface area contributed by atoms with Crippen LogP contribution in [0.2, 0.25) is 0 Å². The number of amides is 2. The van der Waals surface area contributed by atoms with Gasteiger partial charge in [-0.25, -0.2) is 4.79 Å². The summed E-state index contributed by atoms with van der Waals surface area (Å²) >= 11 is 0. The smallest absolute Gasteiger partial charge is 0.409 e. The minimum Gasteiger partial charge on any atom is -0.450 e. The van der Waals surface area contributed by atoms with Crippen LogP contribution in [0.15, 0.2) is 30.3 Å². The number of hydrogen-bond donors (Lipinski definition) is 2. The molecule has 126 valence electrons. The van der Waals surface area contributed by atoms with Crippen molar-refractivity contribution in [1.82, 2.24) is 10.2 Å². The fourth-order valence-corrected chi connectivity index (χ4v) is 2.69. The molecule has 1 atom stereocenters. The Labute approximate surface area is 137 Å². The van der Waals surface area contributed by atoms with Crippen molar-refractivity contribution in [2.45, 2.75) is 38.3 Å². The number of nitrogens with zero attached hydrogens (tertiary/aromatic N) is 1. The van der Waals surface area contributed by atoms with Crippen molar-refractivity contribution < 1.29 is 14.3 Å². The molecule has 0 radical (unpaired) electrons. The molecule has 0 aromatic heterocycles. The van der Waals surface area contributed by atoms with Gasteiger partial charge in [-0.3, -0.25) is 4.79 Å². The normalized spacial score (nSPS) is 16.7. The summed E-state index contributed by atoms with van der Waals surface area (Å²) in [5.74, 6) is -0.136. The first-order valence-corrected chi connectivity index (χ1v) is 8.11. The molecule has 23 heavy (non-hydrogen) atoms. The fraction of sp³-hybridized carbons (Fsp3) is 0.529. The maximum atomic E-state index is 12.2. The van der Waals surface area contributed by atoms with E-state index in [2.05, 4.69) is 5.32 Å². The zero-order chi connectivity index (χ0) is 16.7. The highest BCUT2D eigenvalue weighted by molar-refractivity contribution is 5.82. The zero-order valence-corrected chi connectivity index (χ0v) is 13.5. The third-order valence-electron chi connectivity index (χ3n) is 4.00. The van der Waals surface area contributed by atoms with Crippen molar-refractivity contribution in [3.05, 3.63) is 35.9 Å². The highest BCUT2D eigenvalue weighted by Gasteiger charge is 2.25. The molecule has 2 rings (SSSR count). The molecule has 1 heterocycles. The Morgan fingerprint density at radius 2 is 1.96 bits per heavy atom. The second-order valence-corrected chi connectivity index (χ2v) is 5.77. The first kappa shape index (κ1) is 17.3.